The van der Waals surface area contributed by atoms with Crippen molar-refractivity contribution in [3.05, 3.63) is 77.5 Å². The minimum absolute atomic E-state index is 0.365. The van der Waals surface area contributed by atoms with Crippen LogP contribution < -0.4 is 4.68 Å². The van der Waals surface area contributed by atoms with Crippen LogP contribution in [0.4, 0.5) is 22.7 Å². The molecule has 0 radical (unpaired) electrons. The second kappa shape index (κ2) is 6.19. The lowest BCUT2D eigenvalue weighted by Gasteiger charge is -2.14. The summed E-state index contributed by atoms with van der Waals surface area (Å²) < 4.78 is 1.06. The molecule has 0 aliphatic rings. The van der Waals surface area contributed by atoms with E-state index in [0.717, 1.165) is 4.68 Å². The van der Waals surface area contributed by atoms with Crippen molar-refractivity contribution in [3.8, 4) is 0 Å². The van der Waals surface area contributed by atoms with E-state index in [1.54, 1.807) is 0 Å². The molecule has 0 amide bonds. The van der Waals surface area contributed by atoms with Crippen LogP contribution in [0.5, 0.6) is 0 Å². The Morgan fingerprint density at radius 2 is 1.39 bits per heavy atom. The average molecular weight is 340 g/mol. The van der Waals surface area contributed by atoms with Crippen LogP contribution in [0.2, 0.25) is 5.02 Å². The van der Waals surface area contributed by atoms with Gasteiger partial charge in [-0.15, -0.1) is 0 Å². The normalized spacial score (nSPS) is 10.1. The number of benzene rings is 1. The fourth-order valence-electron chi connectivity index (χ4n) is 1.66. The van der Waals surface area contributed by atoms with Crippen molar-refractivity contribution in [3.63, 3.8) is 0 Å². The lowest BCUT2D eigenvalue weighted by Crippen LogP contribution is -2.26. The Hall–Kier alpha value is -3.34. The van der Waals surface area contributed by atoms with Gasteiger partial charge in [0.05, 0.1) is 37.6 Å². The van der Waals surface area contributed by atoms with Crippen LogP contribution in [-0.4, -0.2) is 14.8 Å². The van der Waals surface area contributed by atoms with Crippen molar-refractivity contribution in [2.45, 2.75) is 0 Å². The molecule has 0 saturated carbocycles. The first-order chi connectivity index (χ1) is 10.8. The van der Waals surface area contributed by atoms with Gasteiger partial charge in [0.15, 0.2) is 12.4 Å². The Morgan fingerprint density at radius 3 is 1.78 bits per heavy atom. The summed E-state index contributed by atoms with van der Waals surface area (Å²) in [4.78, 5) is 30.0. The van der Waals surface area contributed by atoms with Crippen LogP contribution in [0.15, 0.2) is 36.7 Å². The Bertz CT molecular complexity index is 774. The average Bonchev–Trinajstić information content (AvgIpc) is 2.48. The van der Waals surface area contributed by atoms with E-state index in [2.05, 4.69) is 5.43 Å². The molecular formula is C11H6ClN5O6. The van der Waals surface area contributed by atoms with Gasteiger partial charge in [-0.3, -0.25) is 30.3 Å². The maximum Gasteiger partial charge on any atom is 0.283 e. The zero-order chi connectivity index (χ0) is 17.1. The van der Waals surface area contributed by atoms with Crippen molar-refractivity contribution in [2.75, 3.05) is 0 Å². The van der Waals surface area contributed by atoms with Gasteiger partial charge < -0.3 is 5.43 Å². The third kappa shape index (κ3) is 3.47. The molecule has 0 fully saturated rings. The van der Waals surface area contributed by atoms with Gasteiger partial charge in [0.1, 0.15) is 0 Å². The van der Waals surface area contributed by atoms with Gasteiger partial charge in [-0.2, -0.15) is 0 Å². The summed E-state index contributed by atoms with van der Waals surface area (Å²) in [7, 11) is 0. The molecule has 0 aliphatic carbocycles. The number of nitro benzene ring substituents is 3. The molecule has 1 aromatic carbocycles. The largest absolute Gasteiger partial charge is 0.392 e. The van der Waals surface area contributed by atoms with E-state index in [0.29, 0.717) is 17.2 Å². The van der Waals surface area contributed by atoms with Gasteiger partial charge in [0, 0.05) is 12.1 Å². The van der Waals surface area contributed by atoms with Crippen LogP contribution in [0.1, 0.15) is 0 Å². The summed E-state index contributed by atoms with van der Waals surface area (Å²) in [5, 5.41) is 33.3. The number of hydrogen-bond acceptors (Lipinski definition) is 6. The Balaban J connectivity index is 2.63. The van der Waals surface area contributed by atoms with Gasteiger partial charge >= 0.3 is 0 Å². The first kappa shape index (κ1) is 16.0. The smallest absolute Gasteiger partial charge is 0.283 e. The van der Waals surface area contributed by atoms with Gasteiger partial charge in [0.2, 0.25) is 0 Å². The predicted octanol–water partition coefficient (Wildman–Crippen LogP) is 2.82. The second-order valence-electron chi connectivity index (χ2n) is 4.10. The molecule has 0 N–H and O–H groups in total. The molecule has 23 heavy (non-hydrogen) atoms. The third-order valence-electron chi connectivity index (χ3n) is 2.65. The molecule has 2 aromatic rings. The number of non-ortho nitro benzene ring substituents is 1. The highest BCUT2D eigenvalue weighted by Gasteiger charge is 2.27. The fraction of sp³-hybridized carbons (Fsp3) is 0. The highest BCUT2D eigenvalue weighted by atomic mass is 35.5. The molecule has 118 valence electrons. The van der Waals surface area contributed by atoms with Crippen LogP contribution in [-0.2, 0) is 0 Å². The highest BCUT2D eigenvalue weighted by molar-refractivity contribution is 6.30. The lowest BCUT2D eigenvalue weighted by molar-refractivity contribution is -0.619. The van der Waals surface area contributed by atoms with Crippen molar-refractivity contribution in [2.24, 2.45) is 0 Å². The standard InChI is InChI=1S/C11H6ClN5O6/c12-7-1-3-14(4-2-7)13-11-9(16(20)21)5-8(15(18)19)6-10(11)17(22)23/h1-6H. The molecule has 0 atom stereocenters. The fourth-order valence-corrected chi connectivity index (χ4v) is 1.77. The van der Waals surface area contributed by atoms with E-state index in [1.165, 1.54) is 24.5 Å². The first-order valence-corrected chi connectivity index (χ1v) is 6.17. The van der Waals surface area contributed by atoms with Gasteiger partial charge in [-0.1, -0.05) is 11.6 Å². The Labute approximate surface area is 132 Å². The molecular weight excluding hydrogens is 334 g/mol. The summed E-state index contributed by atoms with van der Waals surface area (Å²) in [6, 6.07) is 4.05. The molecule has 1 heterocycles. The minimum Gasteiger partial charge on any atom is -0.392 e. The molecule has 12 heteroatoms. The molecule has 11 nitrogen and oxygen atoms in total. The second-order valence-corrected chi connectivity index (χ2v) is 4.54. The minimum atomic E-state index is -0.977. The molecule has 0 unspecified atom stereocenters. The Kier molecular flexibility index (Phi) is 4.32. The van der Waals surface area contributed by atoms with Crippen molar-refractivity contribution < 1.29 is 19.4 Å². The number of pyridine rings is 1. The van der Waals surface area contributed by atoms with Gasteiger partial charge in [-0.05, 0) is 0 Å². The van der Waals surface area contributed by atoms with E-state index in [4.69, 9.17) is 11.6 Å². The summed E-state index contributed by atoms with van der Waals surface area (Å²) in [5.74, 6) is 0. The lowest BCUT2D eigenvalue weighted by atomic mass is 10.2. The Morgan fingerprint density at radius 1 is 0.913 bits per heavy atom. The topological polar surface area (TPSA) is 147 Å². The number of hydrogen-bond donors (Lipinski definition) is 0. The maximum atomic E-state index is 11.1. The van der Waals surface area contributed by atoms with Crippen LogP contribution in [0.25, 0.3) is 5.43 Å². The van der Waals surface area contributed by atoms with Gasteiger partial charge in [0.25, 0.3) is 17.1 Å². The zero-order valence-corrected chi connectivity index (χ0v) is 11.8. The summed E-state index contributed by atoms with van der Waals surface area (Å²) in [5.41, 5.74) is 0.683. The third-order valence-corrected chi connectivity index (χ3v) is 2.90. The van der Waals surface area contributed by atoms with Crippen molar-refractivity contribution >= 4 is 34.4 Å². The number of nitro groups is 3. The first-order valence-electron chi connectivity index (χ1n) is 5.79. The molecule has 0 spiro atoms. The van der Waals surface area contributed by atoms with Crippen LogP contribution in [0.3, 0.4) is 0 Å². The van der Waals surface area contributed by atoms with E-state index in [-0.39, 0.29) is 0 Å². The highest BCUT2D eigenvalue weighted by Crippen LogP contribution is 2.41. The summed E-state index contributed by atoms with van der Waals surface area (Å²) >= 11 is 5.69. The van der Waals surface area contributed by atoms with E-state index >= 15 is 0 Å². The van der Waals surface area contributed by atoms with Crippen LogP contribution >= 0.6 is 11.6 Å². The molecule has 0 saturated heterocycles. The summed E-state index contributed by atoms with van der Waals surface area (Å²) in [6.07, 6.45) is 2.63. The zero-order valence-electron chi connectivity index (χ0n) is 11.0. The van der Waals surface area contributed by atoms with Crippen LogP contribution in [0, 0.1) is 30.3 Å². The number of aromatic nitrogens is 1. The van der Waals surface area contributed by atoms with E-state index < -0.39 is 37.5 Å². The molecule has 0 aliphatic heterocycles. The number of halogens is 1. The van der Waals surface area contributed by atoms with Crippen molar-refractivity contribution in [1.29, 1.82) is 0 Å². The number of rotatable bonds is 5. The predicted molar refractivity (Wildman–Crippen MR) is 76.5 cm³/mol. The maximum absolute atomic E-state index is 11.1. The SMILES string of the molecule is O=[N+]([O-])c1cc([N+](=O)[O-])c([N-][n+]2ccc(Cl)cc2)c([N+](=O)[O-])c1. The molecule has 0 bridgehead atoms. The molecule has 1 aromatic heterocycles. The van der Waals surface area contributed by atoms with E-state index in [1.807, 2.05) is 0 Å². The quantitative estimate of drug-likeness (QED) is 0.464. The number of nitrogens with zero attached hydrogens (tertiary/aromatic N) is 5. The van der Waals surface area contributed by atoms with Gasteiger partial charge in [-0.25, -0.2) is 4.68 Å². The monoisotopic (exact) mass is 339 g/mol. The van der Waals surface area contributed by atoms with E-state index in [9.17, 15) is 30.3 Å². The molecule has 2 rings (SSSR count). The van der Waals surface area contributed by atoms with Crippen molar-refractivity contribution in [1.82, 2.24) is 0 Å². The summed E-state index contributed by atoms with van der Waals surface area (Å²) in [6.45, 7) is 0.